The molecule has 0 unspecified atom stereocenters. The molecular weight excluding hydrogens is 535 g/mol. The number of aliphatic carboxylic acids is 1. The maximum atomic E-state index is 14.3. The molecule has 0 aromatic heterocycles. The van der Waals surface area contributed by atoms with E-state index in [9.17, 15) is 14.3 Å². The molecule has 1 heterocycles. The van der Waals surface area contributed by atoms with E-state index in [-0.39, 0.29) is 17.7 Å². The van der Waals surface area contributed by atoms with Crippen molar-refractivity contribution in [1.82, 2.24) is 0 Å². The number of ether oxygens (including phenoxy) is 2. The van der Waals surface area contributed by atoms with Crippen molar-refractivity contribution in [1.29, 1.82) is 0 Å². The van der Waals surface area contributed by atoms with Gasteiger partial charge in [0.05, 0.1) is 16.7 Å². The lowest BCUT2D eigenvalue weighted by Gasteiger charge is -2.43. The Hall–Kier alpha value is -2.67. The van der Waals surface area contributed by atoms with E-state index < -0.39 is 24.8 Å². The lowest BCUT2D eigenvalue weighted by atomic mass is 9.74. The second-order valence-corrected chi connectivity index (χ2v) is 10.0. The molecule has 0 amide bonds. The number of hydrogen-bond acceptors (Lipinski definition) is 3. The summed E-state index contributed by atoms with van der Waals surface area (Å²) in [6.07, 6.45) is -0.291. The average Bonchev–Trinajstić information content (AvgIpc) is 2.82. The van der Waals surface area contributed by atoms with Crippen LogP contribution in [0.1, 0.15) is 48.2 Å². The van der Waals surface area contributed by atoms with Crippen LogP contribution in [0, 0.1) is 11.7 Å². The normalized spacial score (nSPS) is 21.9. The van der Waals surface area contributed by atoms with Crippen LogP contribution in [-0.4, -0.2) is 17.7 Å². The first-order chi connectivity index (χ1) is 16.7. The Balaban J connectivity index is 1.82. The second kappa shape index (κ2) is 10.9. The van der Waals surface area contributed by atoms with Gasteiger partial charge in [-0.1, -0.05) is 60.2 Å². The monoisotopic (exact) mass is 558 g/mol. The lowest BCUT2D eigenvalue weighted by molar-refractivity contribution is -0.139. The van der Waals surface area contributed by atoms with Gasteiger partial charge in [0.1, 0.15) is 11.6 Å². The maximum Gasteiger partial charge on any atom is 0.341 e. The zero-order valence-electron chi connectivity index (χ0n) is 19.1. The largest absolute Gasteiger partial charge is 0.480 e. The molecule has 4 atom stereocenters. The number of rotatable bonds is 7. The average molecular weight is 560 g/mol. The molecule has 1 saturated heterocycles. The van der Waals surface area contributed by atoms with Gasteiger partial charge in [0.15, 0.2) is 6.61 Å². The Morgan fingerprint density at radius 1 is 1.14 bits per heavy atom. The van der Waals surface area contributed by atoms with Gasteiger partial charge in [-0.25, -0.2) is 9.18 Å². The predicted molar refractivity (Wildman–Crippen MR) is 137 cm³/mol. The molecule has 0 spiro atoms. The molecule has 1 aliphatic rings. The van der Waals surface area contributed by atoms with Crippen molar-refractivity contribution in [3.8, 4) is 5.75 Å². The number of carbonyl (C=O) groups is 1. The van der Waals surface area contributed by atoms with Crippen LogP contribution >= 0.6 is 27.5 Å². The SMILES string of the molecule is C=C(C)[C@H]1C[C@H](c2cccc(Cl)c2)[C@H](c2cccc(F)c2)O[C@@H]1c1cccc(Br)c1OCC(=O)O. The van der Waals surface area contributed by atoms with Crippen molar-refractivity contribution in [2.45, 2.75) is 31.5 Å². The zero-order valence-corrected chi connectivity index (χ0v) is 21.4. The fraction of sp³-hybridized carbons (Fsp3) is 0.250. The van der Waals surface area contributed by atoms with Crippen molar-refractivity contribution in [2.75, 3.05) is 6.61 Å². The quantitative estimate of drug-likeness (QED) is 0.299. The molecule has 35 heavy (non-hydrogen) atoms. The van der Waals surface area contributed by atoms with E-state index in [1.54, 1.807) is 12.1 Å². The van der Waals surface area contributed by atoms with Crippen LogP contribution in [0.15, 0.2) is 83.4 Å². The van der Waals surface area contributed by atoms with Crippen molar-refractivity contribution in [3.63, 3.8) is 0 Å². The minimum Gasteiger partial charge on any atom is -0.480 e. The van der Waals surface area contributed by atoms with E-state index >= 15 is 0 Å². The lowest BCUT2D eigenvalue weighted by Crippen LogP contribution is -2.32. The van der Waals surface area contributed by atoms with Crippen LogP contribution in [0.5, 0.6) is 5.75 Å². The smallest absolute Gasteiger partial charge is 0.341 e. The van der Waals surface area contributed by atoms with Gasteiger partial charge in [0, 0.05) is 22.4 Å². The van der Waals surface area contributed by atoms with Crippen LogP contribution in [-0.2, 0) is 9.53 Å². The van der Waals surface area contributed by atoms with Crippen LogP contribution in [0.4, 0.5) is 4.39 Å². The topological polar surface area (TPSA) is 55.8 Å². The molecule has 1 fully saturated rings. The van der Waals surface area contributed by atoms with Crippen LogP contribution in [0.25, 0.3) is 0 Å². The summed E-state index contributed by atoms with van der Waals surface area (Å²) in [5, 5.41) is 9.79. The number of carboxylic acid groups (broad SMARTS) is 1. The minimum atomic E-state index is -1.08. The number of para-hydroxylation sites is 1. The molecule has 1 aliphatic heterocycles. The fourth-order valence-corrected chi connectivity index (χ4v) is 5.39. The van der Waals surface area contributed by atoms with E-state index in [0.717, 1.165) is 11.1 Å². The summed E-state index contributed by atoms with van der Waals surface area (Å²) >= 11 is 9.80. The van der Waals surface area contributed by atoms with E-state index in [1.165, 1.54) is 12.1 Å². The fourth-order valence-electron chi connectivity index (χ4n) is 4.70. The third-order valence-electron chi connectivity index (χ3n) is 6.26. The highest BCUT2D eigenvalue weighted by atomic mass is 79.9. The summed E-state index contributed by atoms with van der Waals surface area (Å²) in [6, 6.07) is 19.6. The Bertz CT molecular complexity index is 1250. The summed E-state index contributed by atoms with van der Waals surface area (Å²) in [5.74, 6) is -1.23. The molecule has 0 aliphatic carbocycles. The van der Waals surface area contributed by atoms with Gasteiger partial charge in [0.2, 0.25) is 0 Å². The van der Waals surface area contributed by atoms with Crippen molar-refractivity contribution >= 4 is 33.5 Å². The highest BCUT2D eigenvalue weighted by molar-refractivity contribution is 9.10. The molecule has 0 bridgehead atoms. The third kappa shape index (κ3) is 5.77. The second-order valence-electron chi connectivity index (χ2n) is 8.72. The molecular formula is C28H25BrClFO4. The number of hydrogen-bond donors (Lipinski definition) is 1. The highest BCUT2D eigenvalue weighted by Gasteiger charge is 2.42. The van der Waals surface area contributed by atoms with E-state index in [2.05, 4.69) is 22.5 Å². The summed E-state index contributed by atoms with van der Waals surface area (Å²) in [4.78, 5) is 11.2. The molecule has 0 saturated carbocycles. The summed E-state index contributed by atoms with van der Waals surface area (Å²) in [5.41, 5.74) is 3.33. The van der Waals surface area contributed by atoms with Crippen LogP contribution < -0.4 is 4.74 Å². The van der Waals surface area contributed by atoms with Crippen molar-refractivity contribution in [3.05, 3.63) is 111 Å². The van der Waals surface area contributed by atoms with E-state index in [4.69, 9.17) is 21.1 Å². The maximum absolute atomic E-state index is 14.3. The van der Waals surface area contributed by atoms with Gasteiger partial charge < -0.3 is 14.6 Å². The van der Waals surface area contributed by atoms with Gasteiger partial charge in [-0.05, 0) is 70.7 Å². The van der Waals surface area contributed by atoms with Gasteiger partial charge in [-0.2, -0.15) is 0 Å². The van der Waals surface area contributed by atoms with Crippen LogP contribution in [0.2, 0.25) is 5.02 Å². The van der Waals surface area contributed by atoms with Gasteiger partial charge in [-0.3, -0.25) is 0 Å². The van der Waals surface area contributed by atoms with Gasteiger partial charge >= 0.3 is 5.97 Å². The molecule has 182 valence electrons. The molecule has 0 radical (unpaired) electrons. The first kappa shape index (κ1) is 25.4. The summed E-state index contributed by atoms with van der Waals surface area (Å²) in [7, 11) is 0. The molecule has 7 heteroatoms. The Kier molecular flexibility index (Phi) is 7.95. The summed E-state index contributed by atoms with van der Waals surface area (Å²) < 4.78 is 27.3. The molecule has 3 aromatic rings. The predicted octanol–water partition coefficient (Wildman–Crippen LogP) is 7.88. The Morgan fingerprint density at radius 3 is 2.54 bits per heavy atom. The first-order valence-electron chi connectivity index (χ1n) is 11.2. The number of halogens is 3. The standard InChI is InChI=1S/C28H25BrClFO4/c1-16(2)22-14-23(17-6-3-8-19(30)12-17)26(18-7-4-9-20(31)13-18)35-27(22)21-10-5-11-24(29)28(21)34-15-25(32)33/h3-13,22-23,26-27H,1,14-15H2,2H3,(H,32,33)/t22-,23-,26+,27-/m1/s1. The first-order valence-corrected chi connectivity index (χ1v) is 12.4. The molecule has 3 aromatic carbocycles. The summed E-state index contributed by atoms with van der Waals surface area (Å²) in [6.45, 7) is 5.69. The molecule has 1 N–H and O–H groups in total. The van der Waals surface area contributed by atoms with Crippen molar-refractivity contribution < 1.29 is 23.8 Å². The number of carboxylic acids is 1. The Morgan fingerprint density at radius 2 is 1.86 bits per heavy atom. The minimum absolute atomic E-state index is 0.106. The van der Waals surface area contributed by atoms with E-state index in [1.807, 2.05) is 49.4 Å². The molecule has 4 rings (SSSR count). The molecule has 4 nitrogen and oxygen atoms in total. The third-order valence-corrected chi connectivity index (χ3v) is 7.12. The zero-order chi connectivity index (χ0) is 25.1. The van der Waals surface area contributed by atoms with Gasteiger partial charge in [-0.15, -0.1) is 0 Å². The Labute approximate surface area is 217 Å². The van der Waals surface area contributed by atoms with E-state index in [0.29, 0.717) is 32.8 Å². The highest BCUT2D eigenvalue weighted by Crippen LogP contribution is 2.53. The van der Waals surface area contributed by atoms with Crippen molar-refractivity contribution in [2.24, 2.45) is 5.92 Å². The number of benzene rings is 3. The van der Waals surface area contributed by atoms with Gasteiger partial charge in [0.25, 0.3) is 0 Å². The van der Waals surface area contributed by atoms with Crippen LogP contribution in [0.3, 0.4) is 0 Å².